The first-order valence-electron chi connectivity index (χ1n) is 4.08. The van der Waals surface area contributed by atoms with Gasteiger partial charge < -0.3 is 15.6 Å². The fourth-order valence-corrected chi connectivity index (χ4v) is 0.932. The van der Waals surface area contributed by atoms with Crippen molar-refractivity contribution in [3.63, 3.8) is 0 Å². The van der Waals surface area contributed by atoms with Crippen molar-refractivity contribution in [2.24, 2.45) is 5.73 Å². The Morgan fingerprint density at radius 2 is 2.50 bits per heavy atom. The topological polar surface area (TPSA) is 103 Å². The Bertz CT molecular complexity index is 287. The minimum absolute atomic E-state index is 0.203. The van der Waals surface area contributed by atoms with Crippen molar-refractivity contribution >= 4 is 6.09 Å². The summed E-state index contributed by atoms with van der Waals surface area (Å²) in [6.07, 6.45) is 0.656. The van der Waals surface area contributed by atoms with Crippen molar-refractivity contribution in [1.82, 2.24) is 15.0 Å². The molecule has 1 heterocycles. The molecular weight excluding hydrogens is 188 g/mol. The molecule has 7 nitrogen and oxygen atoms in total. The van der Waals surface area contributed by atoms with E-state index in [1.165, 1.54) is 10.9 Å². The Labute approximate surface area is 80.5 Å². The van der Waals surface area contributed by atoms with E-state index in [-0.39, 0.29) is 6.54 Å². The molecule has 0 bridgehead atoms. The second kappa shape index (κ2) is 4.56. The van der Waals surface area contributed by atoms with Gasteiger partial charge in [-0.3, -0.25) is 0 Å². The molecule has 1 aromatic heterocycles. The Hall–Kier alpha value is -1.63. The normalized spacial score (nSPS) is 14.7. The summed E-state index contributed by atoms with van der Waals surface area (Å²) >= 11 is 0. The van der Waals surface area contributed by atoms with Crippen molar-refractivity contribution in [3.8, 4) is 0 Å². The van der Waals surface area contributed by atoms with Crippen LogP contribution in [-0.4, -0.2) is 38.4 Å². The van der Waals surface area contributed by atoms with E-state index < -0.39 is 18.3 Å². The number of carbonyl (C=O) groups is 1. The molecule has 1 aromatic rings. The van der Waals surface area contributed by atoms with Crippen molar-refractivity contribution in [3.05, 3.63) is 12.4 Å². The van der Waals surface area contributed by atoms with Gasteiger partial charge in [0.2, 0.25) is 0 Å². The SMILES string of the molecule is CC(OC(N)=O)C(O)Cn1ccnn1. The van der Waals surface area contributed by atoms with Crippen LogP contribution in [0.1, 0.15) is 6.92 Å². The number of hydrogen-bond acceptors (Lipinski definition) is 5. The Morgan fingerprint density at radius 1 is 1.79 bits per heavy atom. The number of primary amides is 1. The number of ether oxygens (including phenoxy) is 1. The van der Waals surface area contributed by atoms with Gasteiger partial charge in [-0.2, -0.15) is 0 Å². The third-order valence-corrected chi connectivity index (χ3v) is 1.69. The van der Waals surface area contributed by atoms with Gasteiger partial charge in [0.05, 0.1) is 12.7 Å². The van der Waals surface area contributed by atoms with Gasteiger partial charge in [0.15, 0.2) is 0 Å². The second-order valence-corrected chi connectivity index (χ2v) is 2.83. The predicted molar refractivity (Wildman–Crippen MR) is 46.2 cm³/mol. The molecule has 0 aromatic carbocycles. The lowest BCUT2D eigenvalue weighted by Crippen LogP contribution is -2.34. The third-order valence-electron chi connectivity index (χ3n) is 1.69. The number of aliphatic hydroxyl groups excluding tert-OH is 1. The molecule has 0 saturated heterocycles. The maximum atomic E-state index is 10.4. The summed E-state index contributed by atoms with van der Waals surface area (Å²) in [4.78, 5) is 10.4. The molecule has 0 spiro atoms. The summed E-state index contributed by atoms with van der Waals surface area (Å²) in [6.45, 7) is 1.75. The fraction of sp³-hybridized carbons (Fsp3) is 0.571. The maximum Gasteiger partial charge on any atom is 0.404 e. The van der Waals surface area contributed by atoms with Crippen LogP contribution in [0.5, 0.6) is 0 Å². The van der Waals surface area contributed by atoms with E-state index in [0.717, 1.165) is 0 Å². The summed E-state index contributed by atoms with van der Waals surface area (Å²) < 4.78 is 6.02. The van der Waals surface area contributed by atoms with E-state index in [1.54, 1.807) is 13.1 Å². The lowest BCUT2D eigenvalue weighted by atomic mass is 10.2. The molecule has 3 N–H and O–H groups in total. The molecule has 7 heteroatoms. The Morgan fingerprint density at radius 3 is 3.00 bits per heavy atom. The summed E-state index contributed by atoms with van der Waals surface area (Å²) in [5.41, 5.74) is 4.80. The quantitative estimate of drug-likeness (QED) is 0.657. The van der Waals surface area contributed by atoms with Crippen LogP contribution in [-0.2, 0) is 11.3 Å². The maximum absolute atomic E-state index is 10.4. The molecule has 14 heavy (non-hydrogen) atoms. The summed E-state index contributed by atoms with van der Waals surface area (Å²) in [5, 5.41) is 16.7. The number of nitrogens with two attached hydrogens (primary N) is 1. The third kappa shape index (κ3) is 3.02. The van der Waals surface area contributed by atoms with Crippen LogP contribution in [0.25, 0.3) is 0 Å². The van der Waals surface area contributed by atoms with Crippen LogP contribution in [0, 0.1) is 0 Å². The van der Waals surface area contributed by atoms with Gasteiger partial charge in [-0.1, -0.05) is 5.21 Å². The first-order chi connectivity index (χ1) is 6.59. The average Bonchev–Trinajstić information content (AvgIpc) is 2.55. The van der Waals surface area contributed by atoms with E-state index in [1.807, 2.05) is 0 Å². The zero-order valence-corrected chi connectivity index (χ0v) is 7.70. The van der Waals surface area contributed by atoms with Crippen LogP contribution in [0.2, 0.25) is 0 Å². The minimum atomic E-state index is -0.907. The van der Waals surface area contributed by atoms with Gasteiger partial charge in [0, 0.05) is 6.20 Å². The molecule has 0 aliphatic carbocycles. The number of hydrogen-bond donors (Lipinski definition) is 2. The highest BCUT2D eigenvalue weighted by Gasteiger charge is 2.17. The molecule has 0 fully saturated rings. The van der Waals surface area contributed by atoms with Gasteiger partial charge in [-0.15, -0.1) is 5.10 Å². The lowest BCUT2D eigenvalue weighted by molar-refractivity contribution is 0.00613. The molecular formula is C7H12N4O3. The van der Waals surface area contributed by atoms with Gasteiger partial charge in [0.25, 0.3) is 0 Å². The van der Waals surface area contributed by atoms with Crippen molar-refractivity contribution in [2.75, 3.05) is 0 Å². The Kier molecular flexibility index (Phi) is 3.41. The fourth-order valence-electron chi connectivity index (χ4n) is 0.932. The first kappa shape index (κ1) is 10.5. The Balaban J connectivity index is 2.41. The summed E-state index contributed by atoms with van der Waals surface area (Å²) in [5.74, 6) is 0. The van der Waals surface area contributed by atoms with E-state index in [4.69, 9.17) is 5.73 Å². The van der Waals surface area contributed by atoms with Crippen LogP contribution >= 0.6 is 0 Å². The standard InChI is InChI=1S/C7H12N4O3/c1-5(14-7(8)13)6(12)4-11-3-2-9-10-11/h2-3,5-6,12H,4H2,1H3,(H2,8,13). The molecule has 0 aliphatic heterocycles. The van der Waals surface area contributed by atoms with Crippen molar-refractivity contribution in [1.29, 1.82) is 0 Å². The molecule has 0 aliphatic rings. The molecule has 78 valence electrons. The van der Waals surface area contributed by atoms with Gasteiger partial charge >= 0.3 is 6.09 Å². The van der Waals surface area contributed by atoms with Crippen LogP contribution in [0.3, 0.4) is 0 Å². The van der Waals surface area contributed by atoms with Gasteiger partial charge in [-0.25, -0.2) is 9.48 Å². The zero-order valence-electron chi connectivity index (χ0n) is 7.70. The van der Waals surface area contributed by atoms with Crippen LogP contribution in [0.15, 0.2) is 12.4 Å². The van der Waals surface area contributed by atoms with Crippen LogP contribution < -0.4 is 5.73 Å². The highest BCUT2D eigenvalue weighted by atomic mass is 16.6. The monoisotopic (exact) mass is 200 g/mol. The largest absolute Gasteiger partial charge is 0.444 e. The first-order valence-corrected chi connectivity index (χ1v) is 4.08. The smallest absolute Gasteiger partial charge is 0.404 e. The van der Waals surface area contributed by atoms with E-state index in [0.29, 0.717) is 0 Å². The summed E-state index contributed by atoms with van der Waals surface area (Å²) in [6, 6.07) is 0. The number of aromatic nitrogens is 3. The van der Waals surface area contributed by atoms with Gasteiger partial charge in [-0.05, 0) is 6.92 Å². The number of nitrogens with zero attached hydrogens (tertiary/aromatic N) is 3. The zero-order chi connectivity index (χ0) is 10.6. The van der Waals surface area contributed by atoms with Crippen LogP contribution in [0.4, 0.5) is 4.79 Å². The second-order valence-electron chi connectivity index (χ2n) is 2.83. The van der Waals surface area contributed by atoms with E-state index in [9.17, 15) is 9.90 Å². The predicted octanol–water partition coefficient (Wildman–Crippen LogP) is -0.877. The molecule has 1 amide bonds. The number of carbonyl (C=O) groups excluding carboxylic acids is 1. The molecule has 2 atom stereocenters. The number of rotatable bonds is 4. The number of aliphatic hydroxyl groups is 1. The number of amides is 1. The highest BCUT2D eigenvalue weighted by Crippen LogP contribution is 2.01. The van der Waals surface area contributed by atoms with E-state index >= 15 is 0 Å². The molecule has 1 rings (SSSR count). The van der Waals surface area contributed by atoms with Crippen molar-refractivity contribution in [2.45, 2.75) is 25.7 Å². The minimum Gasteiger partial charge on any atom is -0.444 e. The average molecular weight is 200 g/mol. The van der Waals surface area contributed by atoms with Crippen molar-refractivity contribution < 1.29 is 14.6 Å². The van der Waals surface area contributed by atoms with E-state index in [2.05, 4.69) is 15.0 Å². The molecule has 0 radical (unpaired) electrons. The lowest BCUT2D eigenvalue weighted by Gasteiger charge is -2.17. The van der Waals surface area contributed by atoms with Gasteiger partial charge in [0.1, 0.15) is 12.2 Å². The summed E-state index contributed by atoms with van der Waals surface area (Å²) in [7, 11) is 0. The highest BCUT2D eigenvalue weighted by molar-refractivity contribution is 5.64. The molecule has 0 saturated carbocycles. The molecule has 2 unspecified atom stereocenters.